The second kappa shape index (κ2) is 4.18. The minimum Gasteiger partial charge on any atom is -0.380 e. The SMILES string of the molecule is C[N+](C)(C)CC(O)C(=O)CBr. The van der Waals surface area contributed by atoms with Gasteiger partial charge in [0.2, 0.25) is 0 Å². The fourth-order valence-electron chi connectivity index (χ4n) is 0.710. The van der Waals surface area contributed by atoms with Crippen molar-refractivity contribution in [1.29, 1.82) is 0 Å². The zero-order chi connectivity index (χ0) is 9.07. The third-order valence-electron chi connectivity index (χ3n) is 1.22. The van der Waals surface area contributed by atoms with E-state index in [-0.39, 0.29) is 11.1 Å². The van der Waals surface area contributed by atoms with E-state index in [1.165, 1.54) is 0 Å². The minimum atomic E-state index is -0.839. The maximum Gasteiger partial charge on any atom is 0.177 e. The first-order valence-electron chi connectivity index (χ1n) is 3.44. The van der Waals surface area contributed by atoms with E-state index in [1.54, 1.807) is 0 Å². The Bertz CT molecular complexity index is 142. The molecule has 4 heteroatoms. The Morgan fingerprint density at radius 3 is 2.27 bits per heavy atom. The van der Waals surface area contributed by atoms with Gasteiger partial charge in [-0.3, -0.25) is 4.79 Å². The van der Waals surface area contributed by atoms with Crippen molar-refractivity contribution in [2.45, 2.75) is 6.10 Å². The number of aliphatic hydroxyl groups excluding tert-OH is 1. The predicted molar refractivity (Wildman–Crippen MR) is 47.7 cm³/mol. The van der Waals surface area contributed by atoms with Crippen LogP contribution in [0.3, 0.4) is 0 Å². The molecule has 0 heterocycles. The Kier molecular flexibility index (Phi) is 4.21. The molecule has 1 N–H and O–H groups in total. The van der Waals surface area contributed by atoms with Crippen LogP contribution in [-0.4, -0.2) is 54.5 Å². The van der Waals surface area contributed by atoms with Gasteiger partial charge >= 0.3 is 0 Å². The van der Waals surface area contributed by atoms with Crippen molar-refractivity contribution in [2.75, 3.05) is 33.0 Å². The van der Waals surface area contributed by atoms with Crippen molar-refractivity contribution in [3.63, 3.8) is 0 Å². The third-order valence-corrected chi connectivity index (χ3v) is 1.78. The number of quaternary nitrogens is 1. The van der Waals surface area contributed by atoms with Crippen LogP contribution in [0.1, 0.15) is 0 Å². The standard InChI is InChI=1S/C7H15BrNO2/c1-9(2,3)5-7(11)6(10)4-8/h7,11H,4-5H2,1-3H3/q+1. The van der Waals surface area contributed by atoms with Gasteiger partial charge in [-0.15, -0.1) is 0 Å². The highest BCUT2D eigenvalue weighted by Gasteiger charge is 2.20. The third kappa shape index (κ3) is 5.35. The summed E-state index contributed by atoms with van der Waals surface area (Å²) in [6.45, 7) is 0.463. The van der Waals surface area contributed by atoms with Gasteiger partial charge in [-0.1, -0.05) is 15.9 Å². The van der Waals surface area contributed by atoms with E-state index >= 15 is 0 Å². The molecule has 0 aliphatic carbocycles. The Morgan fingerprint density at radius 1 is 1.55 bits per heavy atom. The number of halogens is 1. The normalized spacial score (nSPS) is 14.6. The molecular weight excluding hydrogens is 210 g/mol. The van der Waals surface area contributed by atoms with Crippen molar-refractivity contribution in [3.05, 3.63) is 0 Å². The van der Waals surface area contributed by atoms with Gasteiger partial charge in [0.05, 0.1) is 26.5 Å². The molecule has 66 valence electrons. The van der Waals surface area contributed by atoms with Crippen LogP contribution >= 0.6 is 15.9 Å². The van der Waals surface area contributed by atoms with Gasteiger partial charge in [-0.2, -0.15) is 0 Å². The summed E-state index contributed by atoms with van der Waals surface area (Å²) in [7, 11) is 5.81. The molecule has 0 saturated carbocycles. The highest BCUT2D eigenvalue weighted by molar-refractivity contribution is 9.09. The zero-order valence-corrected chi connectivity index (χ0v) is 8.76. The van der Waals surface area contributed by atoms with E-state index < -0.39 is 6.10 Å². The van der Waals surface area contributed by atoms with Crippen LogP contribution in [0, 0.1) is 0 Å². The predicted octanol–water partition coefficient (Wildman–Crippen LogP) is 0.0175. The summed E-state index contributed by atoms with van der Waals surface area (Å²) in [5.41, 5.74) is 0. The number of ketones is 1. The first-order valence-corrected chi connectivity index (χ1v) is 4.56. The molecule has 0 rings (SSSR count). The summed E-state index contributed by atoms with van der Waals surface area (Å²) in [6.07, 6.45) is -0.839. The second-order valence-electron chi connectivity index (χ2n) is 3.59. The molecule has 0 aromatic heterocycles. The molecule has 0 amide bonds. The van der Waals surface area contributed by atoms with Gasteiger partial charge in [-0.05, 0) is 0 Å². The number of rotatable bonds is 4. The minimum absolute atomic E-state index is 0.155. The van der Waals surface area contributed by atoms with Gasteiger partial charge in [0.25, 0.3) is 0 Å². The van der Waals surface area contributed by atoms with Gasteiger partial charge in [0, 0.05) is 0 Å². The van der Waals surface area contributed by atoms with Gasteiger partial charge < -0.3 is 9.59 Å². The van der Waals surface area contributed by atoms with Crippen LogP contribution in [0.4, 0.5) is 0 Å². The lowest BCUT2D eigenvalue weighted by molar-refractivity contribution is -0.872. The lowest BCUT2D eigenvalue weighted by atomic mass is 10.2. The Hall–Kier alpha value is 0.0700. The van der Waals surface area contributed by atoms with Crippen molar-refractivity contribution >= 4 is 21.7 Å². The van der Waals surface area contributed by atoms with Crippen LogP contribution in [0.15, 0.2) is 0 Å². The summed E-state index contributed by atoms with van der Waals surface area (Å²) in [5.74, 6) is -0.155. The lowest BCUT2D eigenvalue weighted by Crippen LogP contribution is -2.44. The maximum atomic E-state index is 10.9. The van der Waals surface area contributed by atoms with Crippen LogP contribution in [-0.2, 0) is 4.79 Å². The first-order chi connectivity index (χ1) is 4.87. The summed E-state index contributed by atoms with van der Waals surface area (Å²) in [4.78, 5) is 10.9. The fraction of sp³-hybridized carbons (Fsp3) is 0.857. The topological polar surface area (TPSA) is 37.3 Å². The van der Waals surface area contributed by atoms with E-state index in [0.29, 0.717) is 11.0 Å². The molecule has 0 fully saturated rings. The van der Waals surface area contributed by atoms with Crippen molar-refractivity contribution < 1.29 is 14.4 Å². The van der Waals surface area contributed by atoms with Gasteiger partial charge in [-0.25, -0.2) is 0 Å². The summed E-state index contributed by atoms with van der Waals surface area (Å²) in [5, 5.41) is 9.49. The van der Waals surface area contributed by atoms with E-state index in [2.05, 4.69) is 15.9 Å². The largest absolute Gasteiger partial charge is 0.380 e. The van der Waals surface area contributed by atoms with Crippen LogP contribution < -0.4 is 0 Å². The Morgan fingerprint density at radius 2 is 2.00 bits per heavy atom. The number of hydrogen-bond acceptors (Lipinski definition) is 2. The second-order valence-corrected chi connectivity index (χ2v) is 4.15. The van der Waals surface area contributed by atoms with E-state index in [1.807, 2.05) is 21.1 Å². The van der Waals surface area contributed by atoms with Crippen molar-refractivity contribution in [1.82, 2.24) is 0 Å². The molecule has 0 aliphatic rings. The highest BCUT2D eigenvalue weighted by Crippen LogP contribution is 1.97. The first kappa shape index (κ1) is 11.1. The van der Waals surface area contributed by atoms with E-state index in [0.717, 1.165) is 0 Å². The van der Waals surface area contributed by atoms with Crippen molar-refractivity contribution in [2.24, 2.45) is 0 Å². The number of carbonyl (C=O) groups excluding carboxylic acids is 1. The molecular formula is C7H15BrNO2+. The highest BCUT2D eigenvalue weighted by atomic mass is 79.9. The molecule has 0 radical (unpaired) electrons. The fourth-order valence-corrected chi connectivity index (χ4v) is 1.08. The average molecular weight is 225 g/mol. The van der Waals surface area contributed by atoms with E-state index in [9.17, 15) is 9.90 Å². The Balaban J connectivity index is 3.87. The molecule has 11 heavy (non-hydrogen) atoms. The Labute approximate surface area is 75.7 Å². The molecule has 0 aromatic carbocycles. The number of aliphatic hydroxyl groups is 1. The number of alkyl halides is 1. The molecule has 0 saturated heterocycles. The monoisotopic (exact) mass is 224 g/mol. The molecule has 0 spiro atoms. The average Bonchev–Trinajstić information content (AvgIpc) is 1.82. The number of Topliss-reactive ketones (excluding diaryl/α,β-unsaturated/α-hetero) is 1. The molecule has 0 aliphatic heterocycles. The van der Waals surface area contributed by atoms with Crippen molar-refractivity contribution in [3.8, 4) is 0 Å². The number of hydrogen-bond donors (Lipinski definition) is 1. The van der Waals surface area contributed by atoms with Gasteiger partial charge in [0.15, 0.2) is 11.9 Å². The smallest absolute Gasteiger partial charge is 0.177 e. The summed E-state index contributed by atoms with van der Waals surface area (Å²) in [6, 6.07) is 0. The quantitative estimate of drug-likeness (QED) is 0.541. The zero-order valence-electron chi connectivity index (χ0n) is 7.17. The number of carbonyl (C=O) groups is 1. The molecule has 3 nitrogen and oxygen atoms in total. The van der Waals surface area contributed by atoms with Gasteiger partial charge in [0.1, 0.15) is 6.54 Å². The van der Waals surface area contributed by atoms with Crippen LogP contribution in [0.25, 0.3) is 0 Å². The lowest BCUT2D eigenvalue weighted by Gasteiger charge is -2.25. The van der Waals surface area contributed by atoms with Crippen LogP contribution in [0.2, 0.25) is 0 Å². The number of nitrogens with zero attached hydrogens (tertiary/aromatic N) is 1. The van der Waals surface area contributed by atoms with E-state index in [4.69, 9.17) is 0 Å². The molecule has 0 bridgehead atoms. The summed E-state index contributed by atoms with van der Waals surface area (Å²) < 4.78 is 0.597. The molecule has 1 unspecified atom stereocenters. The molecule has 0 aromatic rings. The maximum absolute atomic E-state index is 10.9. The summed E-state index contributed by atoms with van der Waals surface area (Å²) >= 11 is 3.01. The molecule has 1 atom stereocenters. The van der Waals surface area contributed by atoms with Crippen LogP contribution in [0.5, 0.6) is 0 Å². The number of likely N-dealkylation sites (N-methyl/N-ethyl adjacent to an activating group) is 1.